The van der Waals surface area contributed by atoms with E-state index in [-0.39, 0.29) is 5.91 Å². The molecule has 1 saturated heterocycles. The summed E-state index contributed by atoms with van der Waals surface area (Å²) in [5.74, 6) is 1.12. The van der Waals surface area contributed by atoms with Gasteiger partial charge in [-0.05, 0) is 31.2 Å². The Morgan fingerprint density at radius 1 is 1.19 bits per heavy atom. The SMILES string of the molecule is CNC(=O)c1ccc(-c2nc(CN3CCN(S(C)(=O)=O)CC3)c(C)o2)cc1. The number of nitrogens with zero attached hydrogens (tertiary/aromatic N) is 3. The predicted octanol–water partition coefficient (Wildman–Crippen LogP) is 1.09. The summed E-state index contributed by atoms with van der Waals surface area (Å²) < 4.78 is 30.5. The maximum Gasteiger partial charge on any atom is 0.251 e. The number of piperazine rings is 1. The van der Waals surface area contributed by atoms with Crippen LogP contribution in [0.1, 0.15) is 21.8 Å². The minimum Gasteiger partial charge on any atom is -0.441 e. The molecular weight excluding hydrogens is 368 g/mol. The van der Waals surface area contributed by atoms with Crippen molar-refractivity contribution < 1.29 is 17.6 Å². The maximum atomic E-state index is 11.6. The number of amides is 1. The van der Waals surface area contributed by atoms with Gasteiger partial charge in [0.05, 0.1) is 11.9 Å². The number of aryl methyl sites for hydroxylation is 1. The number of benzene rings is 1. The molecule has 0 radical (unpaired) electrons. The van der Waals surface area contributed by atoms with E-state index in [4.69, 9.17) is 4.42 Å². The van der Waals surface area contributed by atoms with Gasteiger partial charge in [-0.1, -0.05) is 0 Å². The standard InChI is InChI=1S/C18H24N4O4S/c1-13-16(12-21-8-10-22(11-9-21)27(3,24)25)20-18(26-13)15-6-4-14(5-7-15)17(23)19-2/h4-7H,8-12H2,1-3H3,(H,19,23). The van der Waals surface area contributed by atoms with E-state index < -0.39 is 10.0 Å². The normalized spacial score (nSPS) is 16.4. The van der Waals surface area contributed by atoms with Crippen molar-refractivity contribution >= 4 is 15.9 Å². The summed E-state index contributed by atoms with van der Waals surface area (Å²) >= 11 is 0. The molecular formula is C18H24N4O4S. The van der Waals surface area contributed by atoms with Crippen LogP contribution in [0.15, 0.2) is 28.7 Å². The number of nitrogens with one attached hydrogen (secondary N) is 1. The highest BCUT2D eigenvalue weighted by molar-refractivity contribution is 7.88. The summed E-state index contributed by atoms with van der Waals surface area (Å²) in [6, 6.07) is 7.09. The Morgan fingerprint density at radius 2 is 1.81 bits per heavy atom. The molecule has 1 aliphatic rings. The number of rotatable bonds is 5. The number of sulfonamides is 1. The fourth-order valence-electron chi connectivity index (χ4n) is 3.04. The van der Waals surface area contributed by atoms with Gasteiger partial charge in [-0.25, -0.2) is 13.4 Å². The lowest BCUT2D eigenvalue weighted by atomic mass is 10.1. The third-order valence-corrected chi connectivity index (χ3v) is 5.99. The average Bonchev–Trinajstić information content (AvgIpc) is 3.01. The zero-order valence-electron chi connectivity index (χ0n) is 15.7. The van der Waals surface area contributed by atoms with Gasteiger partial charge in [0.2, 0.25) is 15.9 Å². The van der Waals surface area contributed by atoms with Crippen LogP contribution in [0, 0.1) is 6.92 Å². The van der Waals surface area contributed by atoms with Crippen molar-refractivity contribution in [3.8, 4) is 11.5 Å². The molecule has 1 fully saturated rings. The van der Waals surface area contributed by atoms with Gasteiger partial charge >= 0.3 is 0 Å². The Balaban J connectivity index is 1.67. The second kappa shape index (κ2) is 7.79. The minimum atomic E-state index is -3.13. The number of aromatic nitrogens is 1. The largest absolute Gasteiger partial charge is 0.441 e. The Morgan fingerprint density at radius 3 is 2.37 bits per heavy atom. The van der Waals surface area contributed by atoms with Crippen LogP contribution in [-0.4, -0.2) is 68.0 Å². The summed E-state index contributed by atoms with van der Waals surface area (Å²) in [5, 5.41) is 2.59. The molecule has 2 heterocycles. The van der Waals surface area contributed by atoms with E-state index in [0.717, 1.165) is 17.0 Å². The van der Waals surface area contributed by atoms with Gasteiger partial charge in [0, 0.05) is 50.9 Å². The van der Waals surface area contributed by atoms with Gasteiger partial charge in [0.1, 0.15) is 5.76 Å². The van der Waals surface area contributed by atoms with Crippen molar-refractivity contribution in [1.29, 1.82) is 0 Å². The predicted molar refractivity (Wildman–Crippen MR) is 102 cm³/mol. The number of carbonyl (C=O) groups excluding carboxylic acids is 1. The van der Waals surface area contributed by atoms with Crippen molar-refractivity contribution in [2.24, 2.45) is 0 Å². The van der Waals surface area contributed by atoms with E-state index in [1.54, 1.807) is 19.2 Å². The Kier molecular flexibility index (Phi) is 5.64. The molecule has 0 aliphatic carbocycles. The van der Waals surface area contributed by atoms with Crippen LogP contribution in [0.3, 0.4) is 0 Å². The highest BCUT2D eigenvalue weighted by Gasteiger charge is 2.24. The molecule has 1 aromatic heterocycles. The third-order valence-electron chi connectivity index (χ3n) is 4.69. The first-order chi connectivity index (χ1) is 12.8. The van der Waals surface area contributed by atoms with E-state index in [9.17, 15) is 13.2 Å². The molecule has 0 spiro atoms. The lowest BCUT2D eigenvalue weighted by molar-refractivity contribution is 0.0963. The summed E-state index contributed by atoms with van der Waals surface area (Å²) in [4.78, 5) is 18.4. The van der Waals surface area contributed by atoms with Gasteiger partial charge in [0.15, 0.2) is 0 Å². The molecule has 9 heteroatoms. The lowest BCUT2D eigenvalue weighted by Gasteiger charge is -2.32. The van der Waals surface area contributed by atoms with E-state index in [0.29, 0.717) is 44.2 Å². The molecule has 1 N–H and O–H groups in total. The van der Waals surface area contributed by atoms with Gasteiger partial charge in [-0.15, -0.1) is 0 Å². The van der Waals surface area contributed by atoms with Gasteiger partial charge in [-0.2, -0.15) is 4.31 Å². The molecule has 0 saturated carbocycles. The third kappa shape index (κ3) is 4.55. The van der Waals surface area contributed by atoms with E-state index >= 15 is 0 Å². The molecule has 0 atom stereocenters. The summed E-state index contributed by atoms with van der Waals surface area (Å²) in [5.41, 5.74) is 2.22. The van der Waals surface area contributed by atoms with Crippen LogP contribution in [0.25, 0.3) is 11.5 Å². The highest BCUT2D eigenvalue weighted by Crippen LogP contribution is 2.23. The van der Waals surface area contributed by atoms with Crippen molar-refractivity contribution in [1.82, 2.24) is 19.5 Å². The quantitative estimate of drug-likeness (QED) is 0.818. The minimum absolute atomic E-state index is 0.140. The monoisotopic (exact) mass is 392 g/mol. The molecule has 1 aromatic carbocycles. The maximum absolute atomic E-state index is 11.6. The highest BCUT2D eigenvalue weighted by atomic mass is 32.2. The van der Waals surface area contributed by atoms with Crippen LogP contribution >= 0.6 is 0 Å². The summed E-state index contributed by atoms with van der Waals surface area (Å²) in [6.45, 7) is 4.79. The smallest absolute Gasteiger partial charge is 0.251 e. The van der Waals surface area contributed by atoms with Crippen LogP contribution < -0.4 is 5.32 Å². The topological polar surface area (TPSA) is 95.8 Å². The number of carbonyl (C=O) groups is 1. The van der Waals surface area contributed by atoms with Crippen molar-refractivity contribution in [3.63, 3.8) is 0 Å². The van der Waals surface area contributed by atoms with Crippen molar-refractivity contribution in [2.75, 3.05) is 39.5 Å². The first-order valence-electron chi connectivity index (χ1n) is 8.74. The lowest BCUT2D eigenvalue weighted by Crippen LogP contribution is -2.47. The molecule has 3 rings (SSSR count). The average molecular weight is 392 g/mol. The molecule has 146 valence electrons. The first kappa shape index (κ1) is 19.5. The van der Waals surface area contributed by atoms with Crippen molar-refractivity contribution in [2.45, 2.75) is 13.5 Å². The second-order valence-electron chi connectivity index (χ2n) is 6.62. The molecule has 2 aromatic rings. The van der Waals surface area contributed by atoms with Crippen LogP contribution in [0.4, 0.5) is 0 Å². The zero-order chi connectivity index (χ0) is 19.6. The van der Waals surface area contributed by atoms with E-state index in [2.05, 4.69) is 15.2 Å². The molecule has 1 amide bonds. The number of hydrogen-bond acceptors (Lipinski definition) is 6. The van der Waals surface area contributed by atoms with Crippen LogP contribution in [0.5, 0.6) is 0 Å². The fraction of sp³-hybridized carbons (Fsp3) is 0.444. The molecule has 8 nitrogen and oxygen atoms in total. The van der Waals surface area contributed by atoms with Crippen LogP contribution in [-0.2, 0) is 16.6 Å². The number of oxazole rings is 1. The zero-order valence-corrected chi connectivity index (χ0v) is 16.5. The van der Waals surface area contributed by atoms with Gasteiger partial charge in [-0.3, -0.25) is 9.69 Å². The van der Waals surface area contributed by atoms with E-state index in [1.165, 1.54) is 10.6 Å². The first-order valence-corrected chi connectivity index (χ1v) is 10.6. The Bertz CT molecular complexity index is 913. The molecule has 27 heavy (non-hydrogen) atoms. The molecule has 1 aliphatic heterocycles. The van der Waals surface area contributed by atoms with Gasteiger partial charge in [0.25, 0.3) is 5.91 Å². The molecule has 0 unspecified atom stereocenters. The van der Waals surface area contributed by atoms with Crippen LogP contribution in [0.2, 0.25) is 0 Å². The number of hydrogen-bond donors (Lipinski definition) is 1. The van der Waals surface area contributed by atoms with Crippen molar-refractivity contribution in [3.05, 3.63) is 41.3 Å². The van der Waals surface area contributed by atoms with E-state index in [1.807, 2.05) is 19.1 Å². The summed E-state index contributed by atoms with van der Waals surface area (Å²) in [7, 11) is -1.54. The summed E-state index contributed by atoms with van der Waals surface area (Å²) in [6.07, 6.45) is 1.24. The van der Waals surface area contributed by atoms with Gasteiger partial charge < -0.3 is 9.73 Å². The fourth-order valence-corrected chi connectivity index (χ4v) is 3.86. The second-order valence-corrected chi connectivity index (χ2v) is 8.60. The Labute approximate surface area is 159 Å². The molecule has 0 bridgehead atoms. The Hall–Kier alpha value is -2.23.